The van der Waals surface area contributed by atoms with Crippen molar-refractivity contribution in [3.8, 4) is 0 Å². The molecule has 2 heterocycles. The van der Waals surface area contributed by atoms with E-state index in [1.54, 1.807) is 12.7 Å². The van der Waals surface area contributed by atoms with Crippen LogP contribution in [0.1, 0.15) is 65.2 Å². The Morgan fingerprint density at radius 2 is 1.84 bits per heavy atom. The van der Waals surface area contributed by atoms with E-state index < -0.39 is 0 Å². The second-order valence-electron chi connectivity index (χ2n) is 9.61. The van der Waals surface area contributed by atoms with E-state index in [-0.39, 0.29) is 29.7 Å². The van der Waals surface area contributed by atoms with Crippen molar-refractivity contribution in [1.82, 2.24) is 29.9 Å². The molecule has 3 atom stereocenters. The first-order valence-electron chi connectivity index (χ1n) is 12.6. The number of carbonyl (C=O) groups is 2. The first-order valence-corrected chi connectivity index (χ1v) is 12.6. The third-order valence-corrected chi connectivity index (χ3v) is 7.59. The number of carbonyl (C=O) groups excluding carboxylic acids is 2. The monoisotopic (exact) mass is 446 g/mol. The van der Waals surface area contributed by atoms with Gasteiger partial charge in [-0.1, -0.05) is 26.2 Å². The second kappa shape index (κ2) is 12.4. The Morgan fingerprint density at radius 3 is 2.50 bits per heavy atom. The van der Waals surface area contributed by atoms with E-state index in [1.807, 2.05) is 18.5 Å². The third-order valence-electron chi connectivity index (χ3n) is 7.59. The van der Waals surface area contributed by atoms with Crippen molar-refractivity contribution in [2.75, 3.05) is 33.2 Å². The van der Waals surface area contributed by atoms with Gasteiger partial charge >= 0.3 is 0 Å². The minimum Gasteiger partial charge on any atom is -0.338 e. The van der Waals surface area contributed by atoms with E-state index in [1.165, 1.54) is 19.3 Å². The highest BCUT2D eigenvalue weighted by molar-refractivity contribution is 5.90. The Hall–Kier alpha value is -1.80. The maximum absolute atomic E-state index is 13.8. The Kier molecular flexibility index (Phi) is 9.66. The summed E-state index contributed by atoms with van der Waals surface area (Å²) in [6.07, 6.45) is 11.7. The van der Waals surface area contributed by atoms with Crippen molar-refractivity contribution in [3.05, 3.63) is 12.7 Å². The Labute approximate surface area is 193 Å². The number of nitrogens with one attached hydrogen (secondary N) is 1. The Morgan fingerprint density at radius 1 is 1.12 bits per heavy atom. The summed E-state index contributed by atoms with van der Waals surface area (Å²) in [4.78, 5) is 31.2. The first kappa shape index (κ1) is 24.8. The molecule has 32 heavy (non-hydrogen) atoms. The SMILES string of the molecule is CCN(CCn1cnnc1)C[C@@H]1CCCN1C(=O)[C@@H](CC(=O)[C@H](C)NC)C1CCCCC1. The van der Waals surface area contributed by atoms with E-state index in [9.17, 15) is 9.59 Å². The van der Waals surface area contributed by atoms with Crippen molar-refractivity contribution >= 4 is 11.7 Å². The van der Waals surface area contributed by atoms with Gasteiger partial charge in [0.1, 0.15) is 18.4 Å². The lowest BCUT2D eigenvalue weighted by Gasteiger charge is -2.36. The lowest BCUT2D eigenvalue weighted by molar-refractivity contribution is -0.142. The van der Waals surface area contributed by atoms with Gasteiger partial charge in [0, 0.05) is 44.6 Å². The molecular weight excluding hydrogens is 404 g/mol. The number of rotatable bonds is 12. The maximum atomic E-state index is 13.8. The predicted octanol–water partition coefficient (Wildman–Crippen LogP) is 2.35. The molecule has 0 spiro atoms. The van der Waals surface area contributed by atoms with Crippen molar-refractivity contribution in [3.63, 3.8) is 0 Å². The van der Waals surface area contributed by atoms with Gasteiger partial charge in [-0.05, 0) is 52.1 Å². The standard InChI is InChI=1S/C24H42N6O2/c1-4-28(13-14-29-17-26-27-18-29)16-21-11-8-12-30(21)24(32)22(15-23(31)19(2)25-3)20-9-6-5-7-10-20/h17-22,25H,4-16H2,1-3H3/t19-,21-,22-/m0/s1. The summed E-state index contributed by atoms with van der Waals surface area (Å²) in [6, 6.07) is 0.0443. The van der Waals surface area contributed by atoms with Crippen LogP contribution in [0.25, 0.3) is 0 Å². The third kappa shape index (κ3) is 6.61. The topological polar surface area (TPSA) is 83.4 Å². The highest BCUT2D eigenvalue weighted by Crippen LogP contribution is 2.35. The van der Waals surface area contributed by atoms with Gasteiger partial charge in [0.25, 0.3) is 0 Å². The van der Waals surface area contributed by atoms with Crippen LogP contribution >= 0.6 is 0 Å². The number of ketones is 1. The molecule has 2 fully saturated rings. The Balaban J connectivity index is 1.65. The van der Waals surface area contributed by atoms with Crippen LogP contribution in [0.3, 0.4) is 0 Å². The highest BCUT2D eigenvalue weighted by Gasteiger charge is 2.39. The van der Waals surface area contributed by atoms with Crippen LogP contribution in [0, 0.1) is 11.8 Å². The molecule has 0 bridgehead atoms. The fraction of sp³-hybridized carbons (Fsp3) is 0.833. The maximum Gasteiger partial charge on any atom is 0.226 e. The number of nitrogens with zero attached hydrogens (tertiary/aromatic N) is 5. The van der Waals surface area contributed by atoms with Gasteiger partial charge in [0.15, 0.2) is 0 Å². The number of likely N-dealkylation sites (tertiary alicyclic amines) is 1. The summed E-state index contributed by atoms with van der Waals surface area (Å²) >= 11 is 0. The first-order chi connectivity index (χ1) is 15.5. The molecule has 1 aromatic heterocycles. The summed E-state index contributed by atoms with van der Waals surface area (Å²) in [7, 11) is 1.82. The molecule has 1 aliphatic heterocycles. The summed E-state index contributed by atoms with van der Waals surface area (Å²) in [5, 5.41) is 10.8. The average molecular weight is 447 g/mol. The van der Waals surface area contributed by atoms with Gasteiger partial charge < -0.3 is 14.8 Å². The van der Waals surface area contributed by atoms with E-state index >= 15 is 0 Å². The van der Waals surface area contributed by atoms with E-state index in [0.717, 1.165) is 58.4 Å². The van der Waals surface area contributed by atoms with Crippen LogP contribution in [0.15, 0.2) is 12.7 Å². The molecule has 1 aliphatic carbocycles. The molecular formula is C24H42N6O2. The molecule has 8 heteroatoms. The number of aromatic nitrogens is 3. The smallest absolute Gasteiger partial charge is 0.226 e. The molecule has 1 N–H and O–H groups in total. The second-order valence-corrected chi connectivity index (χ2v) is 9.61. The summed E-state index contributed by atoms with van der Waals surface area (Å²) in [5.74, 6) is 0.579. The fourth-order valence-electron chi connectivity index (χ4n) is 5.35. The molecule has 3 rings (SSSR count). The van der Waals surface area contributed by atoms with Crippen LogP contribution in [0.5, 0.6) is 0 Å². The van der Waals surface area contributed by atoms with Gasteiger partial charge in [0.2, 0.25) is 5.91 Å². The lowest BCUT2D eigenvalue weighted by Crippen LogP contribution is -2.48. The predicted molar refractivity (Wildman–Crippen MR) is 125 cm³/mol. The summed E-state index contributed by atoms with van der Waals surface area (Å²) < 4.78 is 1.99. The number of likely N-dealkylation sites (N-methyl/N-ethyl adjacent to an activating group) is 2. The number of hydrogen-bond acceptors (Lipinski definition) is 6. The van der Waals surface area contributed by atoms with Crippen molar-refractivity contribution in [2.45, 2.75) is 83.8 Å². The molecule has 1 amide bonds. The molecule has 0 unspecified atom stereocenters. The van der Waals surface area contributed by atoms with Crippen molar-refractivity contribution in [2.24, 2.45) is 11.8 Å². The van der Waals surface area contributed by atoms with Crippen LogP contribution in [-0.4, -0.2) is 81.6 Å². The van der Waals surface area contributed by atoms with Crippen molar-refractivity contribution < 1.29 is 9.59 Å². The molecule has 2 aliphatic rings. The van der Waals surface area contributed by atoms with E-state index in [2.05, 4.69) is 32.2 Å². The van der Waals surface area contributed by atoms with Crippen LogP contribution in [0.4, 0.5) is 0 Å². The van der Waals surface area contributed by atoms with E-state index in [0.29, 0.717) is 12.3 Å². The Bertz CT molecular complexity index is 703. The largest absolute Gasteiger partial charge is 0.338 e. The van der Waals surface area contributed by atoms with Gasteiger partial charge in [-0.3, -0.25) is 14.5 Å². The van der Waals surface area contributed by atoms with Crippen LogP contribution in [-0.2, 0) is 16.1 Å². The summed E-state index contributed by atoms with van der Waals surface area (Å²) in [5.41, 5.74) is 0. The minimum atomic E-state index is -0.198. The lowest BCUT2D eigenvalue weighted by atomic mass is 9.76. The molecule has 8 nitrogen and oxygen atoms in total. The van der Waals surface area contributed by atoms with Gasteiger partial charge in [-0.25, -0.2) is 0 Å². The highest BCUT2D eigenvalue weighted by atomic mass is 16.2. The zero-order valence-corrected chi connectivity index (χ0v) is 20.2. The number of Topliss-reactive ketones (excluding diaryl/α,β-unsaturated/α-hetero) is 1. The van der Waals surface area contributed by atoms with Gasteiger partial charge in [-0.15, -0.1) is 10.2 Å². The zero-order chi connectivity index (χ0) is 22.9. The molecule has 0 aromatic carbocycles. The minimum absolute atomic E-state index is 0.161. The fourth-order valence-corrected chi connectivity index (χ4v) is 5.35. The molecule has 180 valence electrons. The van der Waals surface area contributed by atoms with Crippen LogP contribution in [0.2, 0.25) is 0 Å². The normalized spacial score (nSPS) is 21.8. The molecule has 1 aromatic rings. The number of hydrogen-bond donors (Lipinski definition) is 1. The van der Waals surface area contributed by atoms with Crippen molar-refractivity contribution in [1.29, 1.82) is 0 Å². The molecule has 1 saturated heterocycles. The summed E-state index contributed by atoms with van der Waals surface area (Å²) in [6.45, 7) is 8.51. The average Bonchev–Trinajstić information content (AvgIpc) is 3.51. The molecule has 1 saturated carbocycles. The van der Waals surface area contributed by atoms with E-state index in [4.69, 9.17) is 0 Å². The quantitative estimate of drug-likeness (QED) is 0.531. The zero-order valence-electron chi connectivity index (χ0n) is 20.2. The van der Waals surface area contributed by atoms with Gasteiger partial charge in [-0.2, -0.15) is 0 Å². The number of amides is 1. The molecule has 0 radical (unpaired) electrons. The van der Waals surface area contributed by atoms with Gasteiger partial charge in [0.05, 0.1) is 6.04 Å². The van der Waals surface area contributed by atoms with Crippen LogP contribution < -0.4 is 5.32 Å².